The van der Waals surface area contributed by atoms with Crippen LogP contribution in [0.25, 0.3) is 10.2 Å². The molecule has 29 heavy (non-hydrogen) atoms. The summed E-state index contributed by atoms with van der Waals surface area (Å²) in [5.41, 5.74) is 0.325. The highest BCUT2D eigenvalue weighted by Crippen LogP contribution is 2.25. The standard InChI is InChI=1S/C16H12N4O7S2/c1-2-27-14(21)8-18-10-4-3-9(19(23)24)7-12(10)29-16(18)17-15(22)11-5-6-13(28-11)20(25)26/h3-7H,2,8H2,1H3. The third-order valence-electron chi connectivity index (χ3n) is 3.65. The molecule has 0 saturated carbocycles. The van der Waals surface area contributed by atoms with Gasteiger partial charge in [0.25, 0.3) is 11.6 Å². The zero-order valence-corrected chi connectivity index (χ0v) is 16.4. The summed E-state index contributed by atoms with van der Waals surface area (Å²) in [5.74, 6) is -1.28. The molecule has 1 amide bonds. The van der Waals surface area contributed by atoms with Gasteiger partial charge in [0.1, 0.15) is 11.4 Å². The van der Waals surface area contributed by atoms with Crippen LogP contribution < -0.4 is 4.80 Å². The first-order valence-corrected chi connectivity index (χ1v) is 9.70. The normalized spacial score (nSPS) is 11.6. The number of nitrogens with zero attached hydrogens (tertiary/aromatic N) is 4. The van der Waals surface area contributed by atoms with Gasteiger partial charge in [-0.3, -0.25) is 29.8 Å². The van der Waals surface area contributed by atoms with E-state index in [2.05, 4.69) is 4.99 Å². The number of nitro groups is 2. The lowest BCUT2D eigenvalue weighted by Crippen LogP contribution is -2.23. The number of thiophene rings is 1. The second-order valence-electron chi connectivity index (χ2n) is 5.50. The van der Waals surface area contributed by atoms with Crippen molar-refractivity contribution in [1.82, 2.24) is 4.57 Å². The predicted octanol–water partition coefficient (Wildman–Crippen LogP) is 2.88. The number of fused-ring (bicyclic) bond motifs is 1. The third kappa shape index (κ3) is 4.35. The Morgan fingerprint density at radius 3 is 2.52 bits per heavy atom. The molecule has 0 atom stereocenters. The van der Waals surface area contributed by atoms with Crippen molar-refractivity contribution in [3.63, 3.8) is 0 Å². The Balaban J connectivity index is 2.11. The average Bonchev–Trinajstić information content (AvgIpc) is 3.27. The topological polar surface area (TPSA) is 147 Å². The van der Waals surface area contributed by atoms with Gasteiger partial charge in [0.2, 0.25) is 0 Å². The molecule has 0 spiro atoms. The molecule has 0 unspecified atom stereocenters. The number of rotatable bonds is 6. The van der Waals surface area contributed by atoms with Crippen molar-refractivity contribution in [1.29, 1.82) is 0 Å². The van der Waals surface area contributed by atoms with Crippen molar-refractivity contribution >= 4 is 55.5 Å². The second-order valence-corrected chi connectivity index (χ2v) is 7.57. The summed E-state index contributed by atoms with van der Waals surface area (Å²) >= 11 is 1.67. The Hall–Kier alpha value is -3.45. The number of benzene rings is 1. The Labute approximate surface area is 169 Å². The Morgan fingerprint density at radius 1 is 1.14 bits per heavy atom. The molecule has 0 aliphatic heterocycles. The fourth-order valence-electron chi connectivity index (χ4n) is 2.43. The summed E-state index contributed by atoms with van der Waals surface area (Å²) in [4.78, 5) is 49.2. The maximum Gasteiger partial charge on any atom is 0.326 e. The number of nitro benzene ring substituents is 1. The SMILES string of the molecule is CCOC(=O)Cn1c(=NC(=O)c2ccc([N+](=O)[O-])s2)sc2cc([N+](=O)[O-])ccc21. The lowest BCUT2D eigenvalue weighted by molar-refractivity contribution is -0.384. The van der Waals surface area contributed by atoms with E-state index in [0.29, 0.717) is 21.6 Å². The van der Waals surface area contributed by atoms with E-state index in [-0.39, 0.29) is 33.5 Å². The number of hydrogen-bond donors (Lipinski definition) is 0. The van der Waals surface area contributed by atoms with Gasteiger partial charge in [0.15, 0.2) is 4.80 Å². The van der Waals surface area contributed by atoms with Gasteiger partial charge in [-0.15, -0.1) is 0 Å². The predicted molar refractivity (Wildman–Crippen MR) is 104 cm³/mol. The van der Waals surface area contributed by atoms with E-state index in [0.717, 1.165) is 11.3 Å². The van der Waals surface area contributed by atoms with Crippen LogP contribution in [0, 0.1) is 20.2 Å². The fourth-order valence-corrected chi connectivity index (χ4v) is 4.20. The van der Waals surface area contributed by atoms with E-state index in [4.69, 9.17) is 4.74 Å². The summed E-state index contributed by atoms with van der Waals surface area (Å²) in [7, 11) is 0. The lowest BCUT2D eigenvalue weighted by atomic mass is 10.3. The summed E-state index contributed by atoms with van der Waals surface area (Å²) in [6.07, 6.45) is 0. The van der Waals surface area contributed by atoms with Crippen LogP contribution in [-0.2, 0) is 16.1 Å². The quantitative estimate of drug-likeness (QED) is 0.328. The number of hydrogen-bond acceptors (Lipinski definition) is 9. The van der Waals surface area contributed by atoms with E-state index < -0.39 is 21.7 Å². The molecular formula is C16H12N4O7S2. The smallest absolute Gasteiger partial charge is 0.326 e. The van der Waals surface area contributed by atoms with E-state index in [1.807, 2.05) is 0 Å². The summed E-state index contributed by atoms with van der Waals surface area (Å²) in [6, 6.07) is 6.56. The molecule has 150 valence electrons. The van der Waals surface area contributed by atoms with Crippen molar-refractivity contribution in [3.05, 3.63) is 60.2 Å². The van der Waals surface area contributed by atoms with Gasteiger partial charge >= 0.3 is 11.0 Å². The van der Waals surface area contributed by atoms with Crippen LogP contribution in [0.15, 0.2) is 35.3 Å². The molecule has 0 aliphatic rings. The van der Waals surface area contributed by atoms with Gasteiger partial charge < -0.3 is 9.30 Å². The number of ether oxygens (including phenoxy) is 1. The molecule has 1 aromatic carbocycles. The highest BCUT2D eigenvalue weighted by Gasteiger charge is 2.18. The molecular weight excluding hydrogens is 424 g/mol. The monoisotopic (exact) mass is 436 g/mol. The van der Waals surface area contributed by atoms with Crippen molar-refractivity contribution < 1.29 is 24.2 Å². The highest BCUT2D eigenvalue weighted by molar-refractivity contribution is 7.17. The summed E-state index contributed by atoms with van der Waals surface area (Å²) < 4.78 is 6.81. The minimum Gasteiger partial charge on any atom is -0.465 e. The number of carbonyl (C=O) groups is 2. The van der Waals surface area contributed by atoms with E-state index in [9.17, 15) is 29.8 Å². The molecule has 3 rings (SSSR count). The molecule has 2 aromatic heterocycles. The molecule has 0 bridgehead atoms. The van der Waals surface area contributed by atoms with Crippen molar-refractivity contribution in [2.45, 2.75) is 13.5 Å². The minimum absolute atomic E-state index is 0.0582. The first kappa shape index (κ1) is 20.3. The van der Waals surface area contributed by atoms with Crippen LogP contribution >= 0.6 is 22.7 Å². The molecule has 0 N–H and O–H groups in total. The van der Waals surface area contributed by atoms with Crippen molar-refractivity contribution in [2.75, 3.05) is 6.61 Å². The van der Waals surface area contributed by atoms with E-state index >= 15 is 0 Å². The van der Waals surface area contributed by atoms with Crippen molar-refractivity contribution in [3.8, 4) is 0 Å². The zero-order chi connectivity index (χ0) is 21.1. The van der Waals surface area contributed by atoms with Gasteiger partial charge in [-0.2, -0.15) is 4.99 Å². The summed E-state index contributed by atoms with van der Waals surface area (Å²) in [6.45, 7) is 1.57. The van der Waals surface area contributed by atoms with Gasteiger partial charge in [-0.1, -0.05) is 22.7 Å². The van der Waals surface area contributed by atoms with Crippen LogP contribution in [0.4, 0.5) is 10.7 Å². The fraction of sp³-hybridized carbons (Fsp3) is 0.188. The van der Waals surface area contributed by atoms with Crippen LogP contribution in [0.1, 0.15) is 16.6 Å². The largest absolute Gasteiger partial charge is 0.465 e. The first-order valence-electron chi connectivity index (χ1n) is 8.07. The van der Waals surface area contributed by atoms with Crippen LogP contribution in [0.2, 0.25) is 0 Å². The molecule has 0 fully saturated rings. The average molecular weight is 436 g/mol. The number of amides is 1. The lowest BCUT2D eigenvalue weighted by Gasteiger charge is -2.04. The van der Waals surface area contributed by atoms with Crippen LogP contribution in [0.3, 0.4) is 0 Å². The molecule has 2 heterocycles. The number of carbonyl (C=O) groups excluding carboxylic acids is 2. The zero-order valence-electron chi connectivity index (χ0n) is 14.8. The Bertz CT molecular complexity index is 1210. The Morgan fingerprint density at radius 2 is 1.90 bits per heavy atom. The highest BCUT2D eigenvalue weighted by atomic mass is 32.1. The minimum atomic E-state index is -0.721. The molecule has 0 saturated heterocycles. The van der Waals surface area contributed by atoms with Gasteiger partial charge in [-0.25, -0.2) is 0 Å². The van der Waals surface area contributed by atoms with Crippen LogP contribution in [-0.4, -0.2) is 32.9 Å². The van der Waals surface area contributed by atoms with Gasteiger partial charge in [-0.05, 0) is 19.1 Å². The summed E-state index contributed by atoms with van der Waals surface area (Å²) in [5, 5.41) is 21.6. The van der Waals surface area contributed by atoms with Crippen molar-refractivity contribution in [2.24, 2.45) is 4.99 Å². The Kier molecular flexibility index (Phi) is 5.79. The number of thiazole rings is 1. The third-order valence-corrected chi connectivity index (χ3v) is 5.72. The van der Waals surface area contributed by atoms with Gasteiger partial charge in [0, 0.05) is 18.2 Å². The maximum absolute atomic E-state index is 12.5. The molecule has 13 heteroatoms. The number of aromatic nitrogens is 1. The molecule has 0 radical (unpaired) electrons. The van der Waals surface area contributed by atoms with E-state index in [1.54, 1.807) is 6.92 Å². The maximum atomic E-state index is 12.5. The van der Waals surface area contributed by atoms with Gasteiger partial charge in [0.05, 0.1) is 26.7 Å². The first-order chi connectivity index (χ1) is 13.8. The molecule has 11 nitrogen and oxygen atoms in total. The van der Waals surface area contributed by atoms with E-state index in [1.165, 1.54) is 34.9 Å². The second kappa shape index (κ2) is 8.28. The number of non-ortho nitro benzene ring substituents is 1. The number of esters is 1. The van der Waals surface area contributed by atoms with Crippen LogP contribution in [0.5, 0.6) is 0 Å². The molecule has 0 aliphatic carbocycles. The molecule has 3 aromatic rings.